The van der Waals surface area contributed by atoms with Gasteiger partial charge in [-0.3, -0.25) is 0 Å². The van der Waals surface area contributed by atoms with Crippen LogP contribution in [0.15, 0.2) is 16.9 Å². The molecule has 0 aliphatic heterocycles. The van der Waals surface area contributed by atoms with Crippen molar-refractivity contribution in [1.82, 2.24) is 29.9 Å². The number of imidazole rings is 1. The molecule has 1 N–H and O–H groups in total. The predicted molar refractivity (Wildman–Crippen MR) is 94.0 cm³/mol. The van der Waals surface area contributed by atoms with Crippen LogP contribution in [0.25, 0.3) is 0 Å². The van der Waals surface area contributed by atoms with Gasteiger partial charge in [0, 0.05) is 45.4 Å². The molecule has 138 valence electrons. The average molecular weight is 348 g/mol. The van der Waals surface area contributed by atoms with E-state index in [2.05, 4.69) is 34.3 Å². The Bertz CT molecular complexity index is 691. The van der Waals surface area contributed by atoms with Crippen molar-refractivity contribution in [2.75, 3.05) is 13.6 Å². The zero-order valence-electron chi connectivity index (χ0n) is 15.9. The van der Waals surface area contributed by atoms with Crippen LogP contribution in [0.3, 0.4) is 0 Å². The third kappa shape index (κ3) is 4.80. The fourth-order valence-electron chi connectivity index (χ4n) is 2.42. The van der Waals surface area contributed by atoms with Crippen LogP contribution in [0.2, 0.25) is 0 Å². The molecule has 2 rings (SSSR count). The number of nitrogens with one attached hydrogen (secondary N) is 1. The van der Waals surface area contributed by atoms with Crippen LogP contribution < -0.4 is 5.32 Å². The van der Waals surface area contributed by atoms with Crippen molar-refractivity contribution in [3.05, 3.63) is 29.9 Å². The van der Waals surface area contributed by atoms with Crippen LogP contribution in [-0.2, 0) is 13.5 Å². The number of aromatic nitrogens is 4. The molecule has 0 bridgehead atoms. The predicted octanol–water partition coefficient (Wildman–Crippen LogP) is 2.51. The Balaban J connectivity index is 1.93. The van der Waals surface area contributed by atoms with Gasteiger partial charge in [-0.2, -0.15) is 4.98 Å². The van der Waals surface area contributed by atoms with E-state index in [4.69, 9.17) is 4.52 Å². The second-order valence-electron chi connectivity index (χ2n) is 6.94. The summed E-state index contributed by atoms with van der Waals surface area (Å²) in [6.07, 6.45) is 4.17. The zero-order chi connectivity index (χ0) is 18.6. The normalized spacial score (nSPS) is 12.6. The molecule has 1 atom stereocenters. The molecule has 0 saturated carbocycles. The molecule has 8 heteroatoms. The van der Waals surface area contributed by atoms with Crippen molar-refractivity contribution in [3.8, 4) is 0 Å². The minimum absolute atomic E-state index is 0.144. The zero-order valence-corrected chi connectivity index (χ0v) is 15.9. The highest BCUT2D eigenvalue weighted by atomic mass is 16.5. The van der Waals surface area contributed by atoms with Gasteiger partial charge in [-0.1, -0.05) is 32.9 Å². The van der Waals surface area contributed by atoms with Crippen LogP contribution >= 0.6 is 0 Å². The molecule has 0 aromatic carbocycles. The summed E-state index contributed by atoms with van der Waals surface area (Å²) < 4.78 is 7.11. The number of urea groups is 1. The number of nitrogens with zero attached hydrogens (tertiary/aromatic N) is 5. The van der Waals surface area contributed by atoms with Gasteiger partial charge in [0.05, 0.1) is 6.04 Å². The largest absolute Gasteiger partial charge is 0.339 e. The summed E-state index contributed by atoms with van der Waals surface area (Å²) in [5.74, 6) is 2.51. The number of rotatable bonds is 7. The summed E-state index contributed by atoms with van der Waals surface area (Å²) in [6, 6.07) is -0.290. The molecule has 0 unspecified atom stereocenters. The van der Waals surface area contributed by atoms with E-state index in [9.17, 15) is 4.79 Å². The molecule has 2 amide bonds. The number of amides is 2. The molecule has 0 aliphatic rings. The summed E-state index contributed by atoms with van der Waals surface area (Å²) >= 11 is 0. The maximum Gasteiger partial charge on any atom is 0.317 e. The third-order valence-corrected chi connectivity index (χ3v) is 4.08. The summed E-state index contributed by atoms with van der Waals surface area (Å²) in [6.45, 7) is 8.63. The highest BCUT2D eigenvalue weighted by molar-refractivity contribution is 5.74. The molecule has 2 heterocycles. The SMILES string of the molecule is CC(C)c1nc(CCN(C)C(=O)N[C@@H](c2nccn2C)C(C)C)no1. The van der Waals surface area contributed by atoms with Crippen molar-refractivity contribution >= 4 is 6.03 Å². The van der Waals surface area contributed by atoms with E-state index in [1.54, 1.807) is 18.1 Å². The molecule has 2 aromatic heterocycles. The Kier molecular flexibility index (Phi) is 6.17. The van der Waals surface area contributed by atoms with Gasteiger partial charge < -0.3 is 19.3 Å². The monoisotopic (exact) mass is 348 g/mol. The summed E-state index contributed by atoms with van der Waals surface area (Å²) in [5.41, 5.74) is 0. The van der Waals surface area contributed by atoms with Gasteiger partial charge in [-0.15, -0.1) is 0 Å². The van der Waals surface area contributed by atoms with Crippen LogP contribution in [-0.4, -0.2) is 44.2 Å². The number of likely N-dealkylation sites (N-methyl/N-ethyl adjacent to an activating group) is 1. The molecular weight excluding hydrogens is 320 g/mol. The van der Waals surface area contributed by atoms with Gasteiger partial charge >= 0.3 is 6.03 Å². The number of carbonyl (C=O) groups excluding carboxylic acids is 1. The van der Waals surface area contributed by atoms with Gasteiger partial charge in [0.2, 0.25) is 5.89 Å². The van der Waals surface area contributed by atoms with Gasteiger partial charge in [0.25, 0.3) is 0 Å². The minimum atomic E-state index is -0.146. The van der Waals surface area contributed by atoms with Crippen molar-refractivity contribution in [3.63, 3.8) is 0 Å². The van der Waals surface area contributed by atoms with Crippen LogP contribution in [0.1, 0.15) is 57.2 Å². The molecular formula is C17H28N6O2. The Hall–Kier alpha value is -2.38. The summed E-state index contributed by atoms with van der Waals surface area (Å²) in [7, 11) is 3.69. The highest BCUT2D eigenvalue weighted by Gasteiger charge is 2.23. The van der Waals surface area contributed by atoms with Crippen molar-refractivity contribution in [1.29, 1.82) is 0 Å². The first-order valence-corrected chi connectivity index (χ1v) is 8.61. The highest BCUT2D eigenvalue weighted by Crippen LogP contribution is 2.19. The standard InChI is InChI=1S/C17H28N6O2/c1-11(2)14(15-18-8-10-22(15)5)20-17(24)23(6)9-7-13-19-16(12(3)4)25-21-13/h8,10-12,14H,7,9H2,1-6H3,(H,20,24)/t14-/m1/s1. The first-order chi connectivity index (χ1) is 11.8. The lowest BCUT2D eigenvalue weighted by Gasteiger charge is -2.25. The topological polar surface area (TPSA) is 89.1 Å². The lowest BCUT2D eigenvalue weighted by Crippen LogP contribution is -2.42. The third-order valence-electron chi connectivity index (χ3n) is 4.08. The van der Waals surface area contributed by atoms with Gasteiger partial charge in [0.15, 0.2) is 5.82 Å². The summed E-state index contributed by atoms with van der Waals surface area (Å²) in [5, 5.41) is 7.01. The van der Waals surface area contributed by atoms with E-state index in [-0.39, 0.29) is 23.9 Å². The molecule has 0 spiro atoms. The lowest BCUT2D eigenvalue weighted by atomic mass is 10.0. The van der Waals surface area contributed by atoms with E-state index in [1.807, 2.05) is 31.7 Å². The smallest absolute Gasteiger partial charge is 0.317 e. The molecule has 0 fully saturated rings. The molecule has 0 aliphatic carbocycles. The molecule has 0 radical (unpaired) electrons. The van der Waals surface area contributed by atoms with E-state index in [0.29, 0.717) is 24.7 Å². The second-order valence-corrected chi connectivity index (χ2v) is 6.94. The Morgan fingerprint density at radius 3 is 2.60 bits per heavy atom. The summed E-state index contributed by atoms with van der Waals surface area (Å²) in [4.78, 5) is 22.8. The second kappa shape index (κ2) is 8.13. The number of aryl methyl sites for hydroxylation is 1. The van der Waals surface area contributed by atoms with Crippen LogP contribution in [0.5, 0.6) is 0 Å². The van der Waals surface area contributed by atoms with E-state index in [0.717, 1.165) is 5.82 Å². The number of carbonyl (C=O) groups is 1. The number of hydrogen-bond donors (Lipinski definition) is 1. The Labute approximate surface area is 148 Å². The lowest BCUT2D eigenvalue weighted by molar-refractivity contribution is 0.199. The maximum atomic E-state index is 12.5. The van der Waals surface area contributed by atoms with Crippen LogP contribution in [0, 0.1) is 5.92 Å². The molecule has 8 nitrogen and oxygen atoms in total. The van der Waals surface area contributed by atoms with Gasteiger partial charge in [-0.05, 0) is 5.92 Å². The fourth-order valence-corrected chi connectivity index (χ4v) is 2.42. The van der Waals surface area contributed by atoms with Crippen molar-refractivity contribution in [2.45, 2.75) is 46.1 Å². The molecule has 0 saturated heterocycles. The average Bonchev–Trinajstić information content (AvgIpc) is 3.18. The van der Waals surface area contributed by atoms with E-state index in [1.165, 1.54) is 0 Å². The number of hydrogen-bond acceptors (Lipinski definition) is 5. The first-order valence-electron chi connectivity index (χ1n) is 8.61. The maximum absolute atomic E-state index is 12.5. The molecule has 2 aromatic rings. The van der Waals surface area contributed by atoms with Crippen LogP contribution in [0.4, 0.5) is 4.79 Å². The minimum Gasteiger partial charge on any atom is -0.339 e. The van der Waals surface area contributed by atoms with Crippen molar-refractivity contribution in [2.24, 2.45) is 13.0 Å². The van der Waals surface area contributed by atoms with Gasteiger partial charge in [0.1, 0.15) is 5.82 Å². The van der Waals surface area contributed by atoms with Gasteiger partial charge in [-0.25, -0.2) is 9.78 Å². The first kappa shape index (κ1) is 19.0. The van der Waals surface area contributed by atoms with Crippen molar-refractivity contribution < 1.29 is 9.32 Å². The van der Waals surface area contributed by atoms with E-state index < -0.39 is 0 Å². The Morgan fingerprint density at radius 1 is 1.36 bits per heavy atom. The Morgan fingerprint density at radius 2 is 2.08 bits per heavy atom. The quantitative estimate of drug-likeness (QED) is 0.830. The molecule has 25 heavy (non-hydrogen) atoms. The van der Waals surface area contributed by atoms with E-state index >= 15 is 0 Å². The fraction of sp³-hybridized carbons (Fsp3) is 0.647.